The molecule has 0 aliphatic carbocycles. The molecule has 0 saturated heterocycles. The van der Waals surface area contributed by atoms with Crippen LogP contribution in [0, 0.1) is 0 Å². The van der Waals surface area contributed by atoms with Crippen LogP contribution in [-0.2, 0) is 42.3 Å². The molecule has 0 aliphatic heterocycles. The van der Waals surface area contributed by atoms with E-state index in [1.54, 1.807) is 43.6 Å². The molecule has 0 atom stereocenters. The number of rotatable bonds is 2. The first-order valence-electron chi connectivity index (χ1n) is 3.43. The van der Waals surface area contributed by atoms with Crippen LogP contribution >= 0.6 is 0 Å². The number of hydrogen-bond donors (Lipinski definition) is 0. The Morgan fingerprint density at radius 2 is 1.62 bits per heavy atom. The quantitative estimate of drug-likeness (QED) is 0.576. The fourth-order valence-corrected chi connectivity index (χ4v) is 0.506. The van der Waals surface area contributed by atoms with Gasteiger partial charge in [-0.1, -0.05) is 13.3 Å². The monoisotopic (exact) mass is 248 g/mol. The van der Waals surface area contributed by atoms with E-state index in [1.807, 2.05) is 6.07 Å². The first-order valence-corrected chi connectivity index (χ1v) is 3.43. The molecule has 1 aromatic rings. The summed E-state index contributed by atoms with van der Waals surface area (Å²) < 4.78 is 0. The molecule has 0 heterocycles. The van der Waals surface area contributed by atoms with E-state index in [4.69, 9.17) is 4.79 Å². The Morgan fingerprint density at radius 3 is 1.85 bits per heavy atom. The summed E-state index contributed by atoms with van der Waals surface area (Å²) in [6, 6.07) is 8.90. The second-order valence-corrected chi connectivity index (χ2v) is 1.87. The van der Waals surface area contributed by atoms with Crippen molar-refractivity contribution >= 4 is 19.8 Å². The van der Waals surface area contributed by atoms with Crippen LogP contribution in [0.5, 0.6) is 0 Å². The van der Waals surface area contributed by atoms with Gasteiger partial charge in [-0.25, -0.2) is 0 Å². The van der Waals surface area contributed by atoms with E-state index >= 15 is 0 Å². The molecule has 0 unspecified atom stereocenters. The summed E-state index contributed by atoms with van der Waals surface area (Å²) in [5.74, 6) is 0. The van der Waals surface area contributed by atoms with Gasteiger partial charge in [0.05, 0.1) is 6.29 Å². The molecule has 1 rings (SSSR count). The average molecular weight is 248 g/mol. The predicted molar refractivity (Wildman–Crippen MR) is 48.5 cm³/mol. The molecule has 0 saturated carbocycles. The standard InChI is InChI=1S/C7H5O.C2H3BO.Y/c8-6-7-4-2-1-3-5-7;1-3-2-4;/h1-5H;1H3;/q2*-1;. The molecule has 0 amide bonds. The molecular formula is C9H8BO2Y-2. The molecular weight excluding hydrogens is 240 g/mol. The van der Waals surface area contributed by atoms with Gasteiger partial charge in [0.2, 0.25) is 0 Å². The van der Waals surface area contributed by atoms with Crippen molar-refractivity contribution in [3.05, 3.63) is 35.9 Å². The van der Waals surface area contributed by atoms with Crippen LogP contribution in [0.3, 0.4) is 0 Å². The zero-order valence-corrected chi connectivity index (χ0v) is 10.2. The first-order chi connectivity index (χ1) is 5.85. The van der Waals surface area contributed by atoms with E-state index in [1.165, 1.54) is 7.28 Å². The van der Waals surface area contributed by atoms with Gasteiger partial charge in [0.25, 0.3) is 0 Å². The molecule has 2 radical (unpaired) electrons. The van der Waals surface area contributed by atoms with Gasteiger partial charge in [-0.05, 0) is 0 Å². The maximum absolute atomic E-state index is 9.88. The third kappa shape index (κ3) is 9.64. The zero-order chi connectivity index (χ0) is 9.23. The van der Waals surface area contributed by atoms with Gasteiger partial charge < -0.3 is 9.59 Å². The molecule has 64 valence electrons. The SMILES string of the molecule is C[B][C-]=O.O=[C-]c1ccccc1.[Y]. The van der Waals surface area contributed by atoms with Crippen molar-refractivity contribution in [2.45, 2.75) is 6.82 Å². The summed E-state index contributed by atoms with van der Waals surface area (Å²) in [4.78, 5) is 18.9. The van der Waals surface area contributed by atoms with Gasteiger partial charge in [0.15, 0.2) is 0 Å². The zero-order valence-electron chi connectivity index (χ0n) is 7.36. The number of carbonyl (C=O) groups excluding carboxylic acids is 2. The molecule has 0 fully saturated rings. The van der Waals surface area contributed by atoms with E-state index in [0.717, 1.165) is 0 Å². The van der Waals surface area contributed by atoms with Gasteiger partial charge in [0.1, 0.15) is 0 Å². The van der Waals surface area contributed by atoms with Crippen molar-refractivity contribution in [3.63, 3.8) is 0 Å². The van der Waals surface area contributed by atoms with Gasteiger partial charge in [-0.2, -0.15) is 17.7 Å². The summed E-state index contributed by atoms with van der Waals surface area (Å²) in [5, 5.41) is 0. The van der Waals surface area contributed by atoms with Gasteiger partial charge >= 0.3 is 0 Å². The van der Waals surface area contributed by atoms with E-state index < -0.39 is 0 Å². The Labute approximate surface area is 104 Å². The largest absolute Gasteiger partial charge is 0.549 e. The third-order valence-electron chi connectivity index (χ3n) is 1.01. The summed E-state index contributed by atoms with van der Waals surface area (Å²) in [6.07, 6.45) is 3.33. The van der Waals surface area contributed by atoms with Crippen LogP contribution in [0.25, 0.3) is 0 Å². The normalized spacial score (nSPS) is 6.85. The van der Waals surface area contributed by atoms with Crippen molar-refractivity contribution in [2.24, 2.45) is 0 Å². The molecule has 0 spiro atoms. The average Bonchev–Trinajstić information content (AvgIpc) is 2.19. The van der Waals surface area contributed by atoms with Gasteiger partial charge in [0, 0.05) is 32.7 Å². The molecule has 13 heavy (non-hydrogen) atoms. The molecule has 0 N–H and O–H groups in total. The van der Waals surface area contributed by atoms with E-state index in [9.17, 15) is 4.79 Å². The molecule has 0 aliphatic rings. The topological polar surface area (TPSA) is 34.1 Å². The number of hydrogen-bond acceptors (Lipinski definition) is 2. The third-order valence-corrected chi connectivity index (χ3v) is 1.01. The minimum atomic E-state index is 0. The summed E-state index contributed by atoms with van der Waals surface area (Å²) in [7, 11) is 1.32. The van der Waals surface area contributed by atoms with Crippen LogP contribution < -0.4 is 0 Å². The molecule has 1 aromatic carbocycles. The predicted octanol–water partition coefficient (Wildman–Crippen LogP) is 0.948. The van der Waals surface area contributed by atoms with E-state index in [0.29, 0.717) is 5.56 Å². The first kappa shape index (κ1) is 15.2. The Bertz CT molecular complexity index is 226. The molecule has 4 heteroatoms. The van der Waals surface area contributed by atoms with Crippen LogP contribution in [0.1, 0.15) is 5.56 Å². The van der Waals surface area contributed by atoms with Gasteiger partial charge in [-0.3, -0.25) is 6.19 Å². The van der Waals surface area contributed by atoms with Crippen molar-refractivity contribution in [1.82, 2.24) is 0 Å². The van der Waals surface area contributed by atoms with Crippen LogP contribution in [0.2, 0.25) is 6.82 Å². The Balaban J connectivity index is 0. The fourth-order valence-electron chi connectivity index (χ4n) is 0.506. The van der Waals surface area contributed by atoms with Crippen LogP contribution in [0.4, 0.5) is 0 Å². The minimum Gasteiger partial charge on any atom is -0.549 e. The van der Waals surface area contributed by atoms with Crippen molar-refractivity contribution in [3.8, 4) is 0 Å². The van der Waals surface area contributed by atoms with Crippen LogP contribution in [-0.4, -0.2) is 19.8 Å². The second kappa shape index (κ2) is 11.7. The van der Waals surface area contributed by atoms with Crippen molar-refractivity contribution in [1.29, 1.82) is 0 Å². The van der Waals surface area contributed by atoms with E-state index in [2.05, 4.69) is 0 Å². The smallest absolute Gasteiger partial charge is 0.0627 e. The number of benzene rings is 1. The van der Waals surface area contributed by atoms with Gasteiger partial charge in [-0.15, -0.1) is 19.0 Å². The van der Waals surface area contributed by atoms with Crippen molar-refractivity contribution in [2.75, 3.05) is 0 Å². The Morgan fingerprint density at radius 1 is 1.15 bits per heavy atom. The summed E-state index contributed by atoms with van der Waals surface area (Å²) >= 11 is 0. The summed E-state index contributed by atoms with van der Waals surface area (Å²) in [6.45, 7) is 1.63. The maximum Gasteiger partial charge on any atom is 0.0627 e. The van der Waals surface area contributed by atoms with Crippen LogP contribution in [0.15, 0.2) is 30.3 Å². The maximum atomic E-state index is 9.88. The molecule has 2 nitrogen and oxygen atoms in total. The summed E-state index contributed by atoms with van der Waals surface area (Å²) in [5.41, 5.74) is 0.604. The Hall–Kier alpha value is -0.271. The molecule has 0 bridgehead atoms. The fraction of sp³-hybridized carbons (Fsp3) is 0.111. The second-order valence-electron chi connectivity index (χ2n) is 1.87. The Kier molecular flexibility index (Phi) is 13.7. The molecule has 0 aromatic heterocycles. The van der Waals surface area contributed by atoms with E-state index in [-0.39, 0.29) is 32.7 Å². The van der Waals surface area contributed by atoms with Crippen molar-refractivity contribution < 1.29 is 42.3 Å². The minimum absolute atomic E-state index is 0.